The van der Waals surface area contributed by atoms with Crippen LogP contribution in [0.2, 0.25) is 0 Å². The molecule has 1 aliphatic rings. The van der Waals surface area contributed by atoms with E-state index in [4.69, 9.17) is 5.73 Å². The number of halogens is 3. The van der Waals surface area contributed by atoms with Crippen molar-refractivity contribution in [2.24, 2.45) is 11.7 Å². The first kappa shape index (κ1) is 9.22. The summed E-state index contributed by atoms with van der Waals surface area (Å²) in [7, 11) is 0. The molecule has 2 atom stereocenters. The van der Waals surface area contributed by atoms with Crippen molar-refractivity contribution in [3.8, 4) is 0 Å². The van der Waals surface area contributed by atoms with Crippen molar-refractivity contribution in [3.63, 3.8) is 0 Å². The molecule has 0 bridgehead atoms. The zero-order chi connectivity index (χ0) is 9.52. The third-order valence-electron chi connectivity index (χ3n) is 2.27. The minimum absolute atomic E-state index is 0.157. The summed E-state index contributed by atoms with van der Waals surface area (Å²) in [6.45, 7) is 3.12. The molecule has 0 spiro atoms. The molecule has 70 valence electrons. The van der Waals surface area contributed by atoms with E-state index in [2.05, 4.69) is 5.32 Å². The van der Waals surface area contributed by atoms with Crippen LogP contribution in [0.4, 0.5) is 13.2 Å². The second-order valence-electron chi connectivity index (χ2n) is 3.05. The molecule has 1 rings (SSSR count). The van der Waals surface area contributed by atoms with Crippen LogP contribution in [0.1, 0.15) is 13.8 Å². The first-order valence-electron chi connectivity index (χ1n) is 3.63. The van der Waals surface area contributed by atoms with Crippen molar-refractivity contribution >= 4 is 0 Å². The number of nitrogens with two attached hydrogens (primary N) is 1. The third-order valence-corrected chi connectivity index (χ3v) is 2.27. The second kappa shape index (κ2) is 2.57. The highest BCUT2D eigenvalue weighted by Crippen LogP contribution is 2.33. The van der Waals surface area contributed by atoms with E-state index in [0.717, 1.165) is 0 Å². The zero-order valence-electron chi connectivity index (χ0n) is 6.87. The molecule has 0 aromatic carbocycles. The van der Waals surface area contributed by atoms with Crippen molar-refractivity contribution in [2.45, 2.75) is 26.1 Å². The third kappa shape index (κ3) is 1.35. The maximum atomic E-state index is 12.2. The molecule has 0 saturated carbocycles. The highest BCUT2D eigenvalue weighted by molar-refractivity contribution is 5.20. The monoisotopic (exact) mass is 180 g/mol. The molecule has 0 fully saturated rings. The summed E-state index contributed by atoms with van der Waals surface area (Å²) in [6.07, 6.45) is -4.22. The lowest BCUT2D eigenvalue weighted by Crippen LogP contribution is -2.42. The molecular formula is C7H11F3N2. The zero-order valence-corrected chi connectivity index (χ0v) is 6.87. The van der Waals surface area contributed by atoms with Gasteiger partial charge in [-0.1, -0.05) is 6.92 Å². The van der Waals surface area contributed by atoms with Crippen LogP contribution in [0.25, 0.3) is 0 Å². The first-order chi connectivity index (χ1) is 5.34. The molecule has 0 aliphatic carbocycles. The van der Waals surface area contributed by atoms with Gasteiger partial charge in [-0.25, -0.2) is 0 Å². The van der Waals surface area contributed by atoms with Crippen LogP contribution in [-0.2, 0) is 0 Å². The molecule has 3 N–H and O–H groups in total. The van der Waals surface area contributed by atoms with E-state index in [1.807, 2.05) is 0 Å². The van der Waals surface area contributed by atoms with E-state index in [1.54, 1.807) is 6.92 Å². The van der Waals surface area contributed by atoms with Crippen molar-refractivity contribution in [3.05, 3.63) is 11.4 Å². The van der Waals surface area contributed by atoms with Gasteiger partial charge >= 0.3 is 6.18 Å². The van der Waals surface area contributed by atoms with Gasteiger partial charge in [-0.15, -0.1) is 0 Å². The highest BCUT2D eigenvalue weighted by atomic mass is 19.4. The Bertz CT molecular complexity index is 219. The van der Waals surface area contributed by atoms with Crippen molar-refractivity contribution in [2.75, 3.05) is 0 Å². The minimum atomic E-state index is -4.22. The average molecular weight is 180 g/mol. The Hall–Kier alpha value is -0.870. The second-order valence-corrected chi connectivity index (χ2v) is 3.05. The summed E-state index contributed by atoms with van der Waals surface area (Å²) in [6, 6.07) is -1.52. The van der Waals surface area contributed by atoms with Gasteiger partial charge in [0.25, 0.3) is 0 Å². The summed E-state index contributed by atoms with van der Waals surface area (Å²) in [5.41, 5.74) is 5.91. The lowest BCUT2D eigenvalue weighted by Gasteiger charge is -2.20. The summed E-state index contributed by atoms with van der Waals surface area (Å²) in [5, 5.41) is 2.23. The van der Waals surface area contributed by atoms with Crippen LogP contribution in [0.5, 0.6) is 0 Å². The average Bonchev–Trinajstić information content (AvgIpc) is 2.15. The van der Waals surface area contributed by atoms with Gasteiger partial charge in [0.15, 0.2) is 0 Å². The molecule has 12 heavy (non-hydrogen) atoms. The molecule has 0 aromatic heterocycles. The van der Waals surface area contributed by atoms with E-state index >= 15 is 0 Å². The molecule has 0 radical (unpaired) electrons. The van der Waals surface area contributed by atoms with E-state index < -0.39 is 18.1 Å². The molecule has 0 saturated heterocycles. The fraction of sp³-hybridized carbons (Fsp3) is 0.714. The molecule has 1 heterocycles. The fourth-order valence-electron chi connectivity index (χ4n) is 1.27. The number of nitrogens with one attached hydrogen (secondary N) is 1. The molecule has 0 unspecified atom stereocenters. The van der Waals surface area contributed by atoms with E-state index in [1.165, 1.54) is 6.92 Å². The molecule has 2 nitrogen and oxygen atoms in total. The molecular weight excluding hydrogens is 169 g/mol. The van der Waals surface area contributed by atoms with Gasteiger partial charge in [-0.2, -0.15) is 13.2 Å². The van der Waals surface area contributed by atoms with Gasteiger partial charge < -0.3 is 11.1 Å². The van der Waals surface area contributed by atoms with Crippen molar-refractivity contribution in [1.29, 1.82) is 0 Å². The van der Waals surface area contributed by atoms with E-state index in [0.29, 0.717) is 5.57 Å². The Balaban J connectivity index is 2.80. The Morgan fingerprint density at radius 2 is 1.92 bits per heavy atom. The molecule has 0 aromatic rings. The van der Waals surface area contributed by atoms with Gasteiger partial charge in [0.2, 0.25) is 0 Å². The number of alkyl halides is 3. The number of rotatable bonds is 0. The Morgan fingerprint density at radius 1 is 1.42 bits per heavy atom. The number of hydrogen-bond acceptors (Lipinski definition) is 2. The summed E-state index contributed by atoms with van der Waals surface area (Å²) < 4.78 is 36.6. The van der Waals surface area contributed by atoms with Gasteiger partial charge in [-0.05, 0) is 12.5 Å². The lowest BCUT2D eigenvalue weighted by atomic mass is 9.98. The van der Waals surface area contributed by atoms with Gasteiger partial charge in [0.1, 0.15) is 6.04 Å². The maximum absolute atomic E-state index is 12.2. The normalized spacial score (nSPS) is 30.8. The Kier molecular flexibility index (Phi) is 1.97. The van der Waals surface area contributed by atoms with Crippen LogP contribution in [-0.4, -0.2) is 12.2 Å². The molecule has 5 heteroatoms. The van der Waals surface area contributed by atoms with Gasteiger partial charge in [0.05, 0.1) is 5.82 Å². The first-order valence-corrected chi connectivity index (χ1v) is 3.63. The highest BCUT2D eigenvalue weighted by Gasteiger charge is 2.47. The maximum Gasteiger partial charge on any atom is 0.409 e. The van der Waals surface area contributed by atoms with Crippen molar-refractivity contribution in [1.82, 2.24) is 5.32 Å². The van der Waals surface area contributed by atoms with Gasteiger partial charge in [0, 0.05) is 5.92 Å². The molecule has 0 amide bonds. The topological polar surface area (TPSA) is 38.0 Å². The fourth-order valence-corrected chi connectivity index (χ4v) is 1.27. The van der Waals surface area contributed by atoms with Gasteiger partial charge in [-0.3, -0.25) is 0 Å². The smallest absolute Gasteiger partial charge is 0.386 e. The predicted octanol–water partition coefficient (Wildman–Crippen LogP) is 1.35. The minimum Gasteiger partial charge on any atom is -0.386 e. The van der Waals surface area contributed by atoms with Crippen LogP contribution >= 0.6 is 0 Å². The van der Waals surface area contributed by atoms with Crippen LogP contribution in [0, 0.1) is 5.92 Å². The SMILES string of the molecule is CC1=C(N)N[C@H](C(F)(F)F)[C@H]1C. The summed E-state index contributed by atoms with van der Waals surface area (Å²) in [5.74, 6) is -0.408. The summed E-state index contributed by atoms with van der Waals surface area (Å²) in [4.78, 5) is 0. The Morgan fingerprint density at radius 3 is 2.08 bits per heavy atom. The van der Waals surface area contributed by atoms with E-state index in [-0.39, 0.29) is 5.82 Å². The Labute approximate surface area is 68.6 Å². The molecule has 1 aliphatic heterocycles. The van der Waals surface area contributed by atoms with Crippen LogP contribution < -0.4 is 11.1 Å². The largest absolute Gasteiger partial charge is 0.409 e. The summed E-state index contributed by atoms with van der Waals surface area (Å²) >= 11 is 0. The van der Waals surface area contributed by atoms with Crippen molar-refractivity contribution < 1.29 is 13.2 Å². The lowest BCUT2D eigenvalue weighted by molar-refractivity contribution is -0.159. The van der Waals surface area contributed by atoms with E-state index in [9.17, 15) is 13.2 Å². The number of hydrogen-bond donors (Lipinski definition) is 2. The predicted molar refractivity (Wildman–Crippen MR) is 39.0 cm³/mol. The van der Waals surface area contributed by atoms with Crippen LogP contribution in [0.15, 0.2) is 11.4 Å². The quantitative estimate of drug-likeness (QED) is 0.590. The standard InChI is InChI=1S/C7H11F3N2/c1-3-4(2)6(11)12-5(3)7(8,9)10/h3,5,12H,11H2,1-2H3/t3-,5-/m0/s1. The van der Waals surface area contributed by atoms with Crippen LogP contribution in [0.3, 0.4) is 0 Å².